The minimum absolute atomic E-state index is 0.110. The number of fused-ring (bicyclic) bond motifs is 2. The summed E-state index contributed by atoms with van der Waals surface area (Å²) in [5.41, 5.74) is 7.07. The Morgan fingerprint density at radius 2 is 1.84 bits per heavy atom. The SMILES string of the molecule is CCc1cc2cc3c(cc2nc1SCC(=O)NNC(=O)c1ccc(OC)cc1)OCO3. The lowest BCUT2D eigenvalue weighted by molar-refractivity contribution is -0.119. The summed E-state index contributed by atoms with van der Waals surface area (Å²) < 4.78 is 15.9. The number of thioether (sulfide) groups is 1. The van der Waals surface area contributed by atoms with Crippen LogP contribution in [0.5, 0.6) is 17.2 Å². The molecule has 0 atom stereocenters. The molecule has 0 saturated heterocycles. The van der Waals surface area contributed by atoms with Crippen LogP contribution in [-0.2, 0) is 11.2 Å². The van der Waals surface area contributed by atoms with Crippen LogP contribution in [0.3, 0.4) is 0 Å². The molecule has 2 heterocycles. The summed E-state index contributed by atoms with van der Waals surface area (Å²) in [6, 6.07) is 12.4. The van der Waals surface area contributed by atoms with Gasteiger partial charge in [-0.1, -0.05) is 18.7 Å². The number of nitrogens with zero attached hydrogens (tertiary/aromatic N) is 1. The summed E-state index contributed by atoms with van der Waals surface area (Å²) >= 11 is 1.32. The lowest BCUT2D eigenvalue weighted by Crippen LogP contribution is -2.42. The third kappa shape index (κ3) is 4.66. The van der Waals surface area contributed by atoms with Crippen molar-refractivity contribution in [2.45, 2.75) is 18.4 Å². The van der Waals surface area contributed by atoms with E-state index >= 15 is 0 Å². The molecule has 2 N–H and O–H groups in total. The Kier molecular flexibility index (Phi) is 6.13. The van der Waals surface area contributed by atoms with Crippen molar-refractivity contribution in [3.05, 3.63) is 53.6 Å². The molecule has 4 rings (SSSR count). The topological polar surface area (TPSA) is 98.8 Å². The van der Waals surface area contributed by atoms with E-state index in [4.69, 9.17) is 19.2 Å². The van der Waals surface area contributed by atoms with E-state index in [1.54, 1.807) is 31.4 Å². The van der Waals surface area contributed by atoms with E-state index in [1.807, 2.05) is 19.1 Å². The van der Waals surface area contributed by atoms with Gasteiger partial charge in [0.2, 0.25) is 12.7 Å². The molecule has 2 amide bonds. The lowest BCUT2D eigenvalue weighted by Gasteiger charge is -2.11. The van der Waals surface area contributed by atoms with Gasteiger partial charge in [-0.05, 0) is 48.4 Å². The van der Waals surface area contributed by atoms with Gasteiger partial charge < -0.3 is 14.2 Å². The van der Waals surface area contributed by atoms with Crippen LogP contribution in [0.1, 0.15) is 22.8 Å². The largest absolute Gasteiger partial charge is 0.497 e. The first-order valence-electron chi connectivity index (χ1n) is 9.66. The molecule has 0 aliphatic carbocycles. The van der Waals surface area contributed by atoms with Crippen molar-refractivity contribution in [2.75, 3.05) is 19.7 Å². The Labute approximate surface area is 183 Å². The van der Waals surface area contributed by atoms with Gasteiger partial charge >= 0.3 is 0 Å². The van der Waals surface area contributed by atoms with Crippen molar-refractivity contribution in [2.24, 2.45) is 0 Å². The van der Waals surface area contributed by atoms with Gasteiger partial charge in [-0.15, -0.1) is 0 Å². The van der Waals surface area contributed by atoms with E-state index in [2.05, 4.69) is 16.9 Å². The number of aromatic nitrogens is 1. The third-order valence-corrected chi connectivity index (χ3v) is 5.77. The molecule has 8 nitrogen and oxygen atoms in total. The average Bonchev–Trinajstić information content (AvgIpc) is 3.26. The maximum Gasteiger partial charge on any atom is 0.269 e. The first-order chi connectivity index (χ1) is 15.1. The molecular weight excluding hydrogens is 418 g/mol. The molecule has 0 bridgehead atoms. The molecular formula is C22H21N3O5S. The fourth-order valence-corrected chi connectivity index (χ4v) is 3.97. The average molecular weight is 439 g/mol. The molecule has 9 heteroatoms. The van der Waals surface area contributed by atoms with Gasteiger partial charge in [-0.3, -0.25) is 20.4 Å². The standard InChI is InChI=1S/C22H21N3O5S/c1-3-13-8-15-9-18-19(30-12-29-18)10-17(15)23-22(13)31-11-20(26)24-25-21(27)14-4-6-16(28-2)7-5-14/h4-10H,3,11-12H2,1-2H3,(H,24,26)(H,25,27). The number of nitrogens with one attached hydrogen (secondary N) is 2. The van der Waals surface area contributed by atoms with Crippen molar-refractivity contribution in [1.82, 2.24) is 15.8 Å². The minimum atomic E-state index is -0.407. The highest BCUT2D eigenvalue weighted by molar-refractivity contribution is 7.99. The van der Waals surface area contributed by atoms with Gasteiger partial charge in [-0.2, -0.15) is 0 Å². The molecule has 0 saturated carbocycles. The number of hydrazine groups is 1. The van der Waals surface area contributed by atoms with E-state index in [-0.39, 0.29) is 18.5 Å². The third-order valence-electron chi connectivity index (χ3n) is 4.74. The van der Waals surface area contributed by atoms with Crippen molar-refractivity contribution in [3.8, 4) is 17.2 Å². The zero-order valence-corrected chi connectivity index (χ0v) is 17.9. The number of carbonyl (C=O) groups is 2. The van der Waals surface area contributed by atoms with Gasteiger partial charge in [-0.25, -0.2) is 4.98 Å². The number of amides is 2. The predicted molar refractivity (Wildman–Crippen MR) is 117 cm³/mol. The second kappa shape index (κ2) is 9.13. The summed E-state index contributed by atoms with van der Waals surface area (Å²) in [5, 5.41) is 1.73. The number of ether oxygens (including phenoxy) is 3. The molecule has 0 unspecified atom stereocenters. The number of methoxy groups -OCH3 is 1. The number of pyridine rings is 1. The molecule has 160 valence electrons. The normalized spacial score (nSPS) is 11.9. The number of rotatable bonds is 6. The van der Waals surface area contributed by atoms with E-state index in [0.717, 1.165) is 27.9 Å². The van der Waals surface area contributed by atoms with Crippen LogP contribution in [0.2, 0.25) is 0 Å². The summed E-state index contributed by atoms with van der Waals surface area (Å²) in [4.78, 5) is 29.1. The Morgan fingerprint density at radius 3 is 2.55 bits per heavy atom. The maximum absolute atomic E-state index is 12.2. The summed E-state index contributed by atoms with van der Waals surface area (Å²) in [7, 11) is 1.55. The Hall–Kier alpha value is -3.46. The van der Waals surface area contributed by atoms with Crippen LogP contribution in [0, 0.1) is 0 Å². The van der Waals surface area contributed by atoms with Crippen LogP contribution < -0.4 is 25.1 Å². The quantitative estimate of drug-likeness (QED) is 0.450. The van der Waals surface area contributed by atoms with Crippen LogP contribution >= 0.6 is 11.8 Å². The zero-order chi connectivity index (χ0) is 21.8. The van der Waals surface area contributed by atoms with Crippen LogP contribution in [0.25, 0.3) is 10.9 Å². The fourth-order valence-electron chi connectivity index (χ4n) is 3.08. The van der Waals surface area contributed by atoms with E-state index in [0.29, 0.717) is 22.8 Å². The second-order valence-electron chi connectivity index (χ2n) is 6.72. The number of carbonyl (C=O) groups excluding carboxylic acids is 2. The Morgan fingerprint density at radius 1 is 1.10 bits per heavy atom. The first kappa shape index (κ1) is 20.8. The highest BCUT2D eigenvalue weighted by Crippen LogP contribution is 2.37. The summed E-state index contributed by atoms with van der Waals surface area (Å²) in [6.45, 7) is 2.24. The van der Waals surface area contributed by atoms with Crippen molar-refractivity contribution < 1.29 is 23.8 Å². The van der Waals surface area contributed by atoms with Crippen molar-refractivity contribution in [1.29, 1.82) is 0 Å². The van der Waals surface area contributed by atoms with Crippen LogP contribution in [-0.4, -0.2) is 36.5 Å². The van der Waals surface area contributed by atoms with Gasteiger partial charge in [0.05, 0.1) is 18.4 Å². The lowest BCUT2D eigenvalue weighted by atomic mass is 10.1. The molecule has 0 radical (unpaired) electrons. The highest BCUT2D eigenvalue weighted by Gasteiger charge is 2.17. The Bertz CT molecular complexity index is 1130. The Balaban J connectivity index is 1.38. The maximum atomic E-state index is 12.2. The molecule has 1 aliphatic heterocycles. The number of aryl methyl sites for hydroxylation is 1. The summed E-state index contributed by atoms with van der Waals surface area (Å²) in [6.07, 6.45) is 0.773. The van der Waals surface area contributed by atoms with Crippen molar-refractivity contribution >= 4 is 34.5 Å². The van der Waals surface area contributed by atoms with E-state index in [1.165, 1.54) is 11.8 Å². The van der Waals surface area contributed by atoms with Crippen LogP contribution in [0.4, 0.5) is 0 Å². The first-order valence-corrected chi connectivity index (χ1v) is 10.6. The van der Waals surface area contributed by atoms with Crippen molar-refractivity contribution in [3.63, 3.8) is 0 Å². The molecule has 31 heavy (non-hydrogen) atoms. The van der Waals surface area contributed by atoms with Crippen LogP contribution in [0.15, 0.2) is 47.5 Å². The number of benzene rings is 2. The van der Waals surface area contributed by atoms with Gasteiger partial charge in [0.25, 0.3) is 5.91 Å². The molecule has 1 aromatic heterocycles. The van der Waals surface area contributed by atoms with Gasteiger partial charge in [0.15, 0.2) is 11.5 Å². The smallest absolute Gasteiger partial charge is 0.269 e. The molecule has 0 spiro atoms. The van der Waals surface area contributed by atoms with Gasteiger partial charge in [0.1, 0.15) is 10.8 Å². The fraction of sp³-hybridized carbons (Fsp3) is 0.227. The van der Waals surface area contributed by atoms with E-state index < -0.39 is 5.91 Å². The summed E-state index contributed by atoms with van der Waals surface area (Å²) in [5.74, 6) is 1.40. The molecule has 0 fully saturated rings. The molecule has 2 aromatic carbocycles. The van der Waals surface area contributed by atoms with E-state index in [9.17, 15) is 9.59 Å². The minimum Gasteiger partial charge on any atom is -0.497 e. The predicted octanol–water partition coefficient (Wildman–Crippen LogP) is 3.09. The monoisotopic (exact) mass is 439 g/mol. The molecule has 1 aliphatic rings. The zero-order valence-electron chi connectivity index (χ0n) is 17.1. The van der Waals surface area contributed by atoms with Gasteiger partial charge in [0, 0.05) is 17.0 Å². The number of hydrogen-bond donors (Lipinski definition) is 2. The highest BCUT2D eigenvalue weighted by atomic mass is 32.2. The molecule has 3 aromatic rings. The second-order valence-corrected chi connectivity index (χ2v) is 7.69. The number of hydrogen-bond acceptors (Lipinski definition) is 7.